The molecule has 0 spiro atoms. The number of nitriles is 1. The molecule has 2 N–H and O–H groups in total. The maximum absolute atomic E-state index is 12.2. The summed E-state index contributed by atoms with van der Waals surface area (Å²) < 4.78 is 5.02. The van der Waals surface area contributed by atoms with E-state index >= 15 is 0 Å². The van der Waals surface area contributed by atoms with Gasteiger partial charge in [-0.25, -0.2) is 4.79 Å². The van der Waals surface area contributed by atoms with Crippen molar-refractivity contribution in [1.29, 1.82) is 5.26 Å². The molecule has 1 amide bonds. The molecule has 1 heterocycles. The Morgan fingerprint density at radius 2 is 2.12 bits per heavy atom. The summed E-state index contributed by atoms with van der Waals surface area (Å²) in [6.45, 7) is 6.37. The number of nitrogens with zero attached hydrogens (tertiary/aromatic N) is 2. The van der Waals surface area contributed by atoms with Gasteiger partial charge in [0, 0.05) is 19.3 Å². The topological polar surface area (TPSA) is 120 Å². The van der Waals surface area contributed by atoms with Crippen LogP contribution in [-0.2, 0) is 19.1 Å². The van der Waals surface area contributed by atoms with Gasteiger partial charge in [-0.1, -0.05) is 13.8 Å². The number of hydrogen-bond acceptors (Lipinski definition) is 6. The minimum atomic E-state index is -1.15. The summed E-state index contributed by atoms with van der Waals surface area (Å²) in [6, 6.07) is 0.728. The van der Waals surface area contributed by atoms with E-state index in [0.717, 1.165) is 6.42 Å². The van der Waals surface area contributed by atoms with Crippen molar-refractivity contribution >= 4 is 17.8 Å². The van der Waals surface area contributed by atoms with Gasteiger partial charge < -0.3 is 20.1 Å². The normalized spacial score (nSPS) is 19.1. The number of ether oxygens (including phenoxy) is 1. The van der Waals surface area contributed by atoms with Gasteiger partial charge in [-0.3, -0.25) is 9.59 Å². The first-order valence-corrected chi connectivity index (χ1v) is 8.36. The number of hydrogen-bond donors (Lipinski definition) is 2. The molecule has 8 nitrogen and oxygen atoms in total. The van der Waals surface area contributed by atoms with Gasteiger partial charge in [-0.15, -0.1) is 0 Å². The molecule has 0 bridgehead atoms. The number of amides is 1. The van der Waals surface area contributed by atoms with Gasteiger partial charge in [0.1, 0.15) is 17.7 Å². The molecule has 0 aliphatic carbocycles. The third kappa shape index (κ3) is 6.10. The highest BCUT2D eigenvalue weighted by molar-refractivity contribution is 5.99. The number of aliphatic carboxylic acids is 1. The van der Waals surface area contributed by atoms with Crippen molar-refractivity contribution in [3.63, 3.8) is 0 Å². The van der Waals surface area contributed by atoms with Crippen LogP contribution in [0.4, 0.5) is 0 Å². The van der Waals surface area contributed by atoms with Gasteiger partial charge >= 0.3 is 11.9 Å². The lowest BCUT2D eigenvalue weighted by atomic mass is 9.98. The monoisotopic (exact) mass is 351 g/mol. The minimum Gasteiger partial charge on any atom is -0.480 e. The maximum Gasteiger partial charge on any atom is 0.326 e. The minimum absolute atomic E-state index is 0.184. The number of esters is 1. The first-order chi connectivity index (χ1) is 11.8. The smallest absolute Gasteiger partial charge is 0.326 e. The van der Waals surface area contributed by atoms with E-state index in [1.54, 1.807) is 31.7 Å². The molecule has 2 unspecified atom stereocenters. The lowest BCUT2D eigenvalue weighted by Gasteiger charge is -2.30. The Bertz CT molecular complexity index is 579. The number of carbonyl (C=O) groups excluding carboxylic acids is 2. The maximum atomic E-state index is 12.2. The van der Waals surface area contributed by atoms with Crippen molar-refractivity contribution in [2.75, 3.05) is 19.7 Å². The second kappa shape index (κ2) is 9.67. The van der Waals surface area contributed by atoms with Crippen LogP contribution in [0, 0.1) is 23.2 Å². The molecular formula is C17H25N3O5. The predicted molar refractivity (Wildman–Crippen MR) is 89.0 cm³/mol. The van der Waals surface area contributed by atoms with Crippen molar-refractivity contribution < 1.29 is 24.2 Å². The molecule has 25 heavy (non-hydrogen) atoms. The molecule has 1 saturated heterocycles. The molecular weight excluding hydrogens is 326 g/mol. The molecule has 0 aromatic carbocycles. The van der Waals surface area contributed by atoms with Gasteiger partial charge in [0.15, 0.2) is 0 Å². The average molecular weight is 351 g/mol. The Kier molecular flexibility index (Phi) is 7.92. The van der Waals surface area contributed by atoms with Gasteiger partial charge in [-0.05, 0) is 25.7 Å². The Hall–Kier alpha value is -2.56. The third-order valence-electron chi connectivity index (χ3n) is 3.97. The molecule has 1 aliphatic rings. The van der Waals surface area contributed by atoms with Crippen molar-refractivity contribution in [2.24, 2.45) is 11.8 Å². The molecule has 1 rings (SSSR count). The van der Waals surface area contributed by atoms with Crippen molar-refractivity contribution in [3.05, 3.63) is 11.8 Å². The fourth-order valence-corrected chi connectivity index (χ4v) is 2.63. The summed E-state index contributed by atoms with van der Waals surface area (Å²) >= 11 is 0. The summed E-state index contributed by atoms with van der Waals surface area (Å²) in [7, 11) is 0. The fraction of sp³-hybridized carbons (Fsp3) is 0.647. The molecule has 8 heteroatoms. The highest BCUT2D eigenvalue weighted by Crippen LogP contribution is 2.19. The van der Waals surface area contributed by atoms with Gasteiger partial charge in [0.25, 0.3) is 5.91 Å². The SMILES string of the molecule is CCOC(=O)C1CCCN(/C=C(/C#N)C(=O)NC(C(=O)O)C(C)C)C1. The quantitative estimate of drug-likeness (QED) is 0.397. The number of carbonyl (C=O) groups is 3. The number of rotatable bonds is 7. The highest BCUT2D eigenvalue weighted by Gasteiger charge is 2.28. The van der Waals surface area contributed by atoms with Crippen LogP contribution in [0.1, 0.15) is 33.6 Å². The first kappa shape index (κ1) is 20.5. The molecule has 1 aliphatic heterocycles. The Balaban J connectivity index is 2.80. The van der Waals surface area contributed by atoms with Crippen LogP contribution in [0.2, 0.25) is 0 Å². The number of nitrogens with one attached hydrogen (secondary N) is 1. The van der Waals surface area contributed by atoms with E-state index in [1.165, 1.54) is 6.20 Å². The first-order valence-electron chi connectivity index (χ1n) is 8.36. The highest BCUT2D eigenvalue weighted by atomic mass is 16.5. The van der Waals surface area contributed by atoms with E-state index in [2.05, 4.69) is 5.32 Å². The summed E-state index contributed by atoms with van der Waals surface area (Å²) in [5.74, 6) is -2.78. The summed E-state index contributed by atoms with van der Waals surface area (Å²) in [5, 5.41) is 20.7. The van der Waals surface area contributed by atoms with E-state index in [-0.39, 0.29) is 23.4 Å². The van der Waals surface area contributed by atoms with Crippen molar-refractivity contribution in [3.8, 4) is 6.07 Å². The van der Waals surface area contributed by atoms with Gasteiger partial charge in [0.2, 0.25) is 0 Å². The van der Waals surface area contributed by atoms with Gasteiger partial charge in [0.05, 0.1) is 12.5 Å². The Labute approximate surface area is 147 Å². The van der Waals surface area contributed by atoms with Crippen molar-refractivity contribution in [2.45, 2.75) is 39.7 Å². The van der Waals surface area contributed by atoms with E-state index in [9.17, 15) is 19.6 Å². The molecule has 0 aromatic heterocycles. The molecule has 1 fully saturated rings. The largest absolute Gasteiger partial charge is 0.480 e. The number of piperidine rings is 1. The zero-order valence-corrected chi connectivity index (χ0v) is 14.8. The lowest BCUT2D eigenvalue weighted by molar-refractivity contribution is -0.149. The van der Waals surface area contributed by atoms with E-state index in [4.69, 9.17) is 9.84 Å². The van der Waals surface area contributed by atoms with Crippen molar-refractivity contribution in [1.82, 2.24) is 10.2 Å². The van der Waals surface area contributed by atoms with Crippen LogP contribution in [0.25, 0.3) is 0 Å². The average Bonchev–Trinajstić information content (AvgIpc) is 2.57. The van der Waals surface area contributed by atoms with E-state index < -0.39 is 17.9 Å². The van der Waals surface area contributed by atoms with Crippen LogP contribution >= 0.6 is 0 Å². The molecule has 0 aromatic rings. The number of likely N-dealkylation sites (tertiary alicyclic amines) is 1. The number of carboxylic acid groups (broad SMARTS) is 1. The third-order valence-corrected chi connectivity index (χ3v) is 3.97. The zero-order chi connectivity index (χ0) is 19.0. The molecule has 0 radical (unpaired) electrons. The van der Waals surface area contributed by atoms with Crippen LogP contribution in [0.5, 0.6) is 0 Å². The second-order valence-corrected chi connectivity index (χ2v) is 6.27. The van der Waals surface area contributed by atoms with Gasteiger partial charge in [-0.2, -0.15) is 5.26 Å². The zero-order valence-electron chi connectivity index (χ0n) is 14.8. The van der Waals surface area contributed by atoms with E-state index in [1.807, 2.05) is 0 Å². The second-order valence-electron chi connectivity index (χ2n) is 6.27. The fourth-order valence-electron chi connectivity index (χ4n) is 2.63. The van der Waals surface area contributed by atoms with Crippen LogP contribution in [-0.4, -0.2) is 53.6 Å². The van der Waals surface area contributed by atoms with Crippen LogP contribution in [0.3, 0.4) is 0 Å². The summed E-state index contributed by atoms with van der Waals surface area (Å²) in [5.41, 5.74) is -0.184. The van der Waals surface area contributed by atoms with Crippen LogP contribution < -0.4 is 5.32 Å². The molecule has 2 atom stereocenters. The summed E-state index contributed by atoms with van der Waals surface area (Å²) in [6.07, 6.45) is 2.83. The molecule has 138 valence electrons. The molecule has 0 saturated carbocycles. The van der Waals surface area contributed by atoms with E-state index in [0.29, 0.717) is 26.1 Å². The lowest BCUT2D eigenvalue weighted by Crippen LogP contribution is -2.45. The van der Waals surface area contributed by atoms with Crippen LogP contribution in [0.15, 0.2) is 11.8 Å². The standard InChI is InChI=1S/C17H25N3O5/c1-4-25-17(24)12-6-5-7-20(9-12)10-13(8-18)15(21)19-14(11(2)3)16(22)23/h10-12,14H,4-7,9H2,1-3H3,(H,19,21)(H,22,23)/b13-10-. The predicted octanol–water partition coefficient (Wildman–Crippen LogP) is 0.894. The number of carboxylic acids is 1. The Morgan fingerprint density at radius 3 is 2.64 bits per heavy atom. The summed E-state index contributed by atoms with van der Waals surface area (Å²) in [4.78, 5) is 37.0. The Morgan fingerprint density at radius 1 is 1.44 bits per heavy atom.